The van der Waals surface area contributed by atoms with Gasteiger partial charge in [0.05, 0.1) is 4.92 Å². The van der Waals surface area contributed by atoms with Crippen molar-refractivity contribution in [3.63, 3.8) is 0 Å². The predicted molar refractivity (Wildman–Crippen MR) is 46.6 cm³/mol. The minimum Gasteiger partial charge on any atom is -0.381 e. The fourth-order valence-corrected chi connectivity index (χ4v) is 1.63. The minimum absolute atomic E-state index is 0.128. The molecule has 2 heterocycles. The number of nitro groups is 1. The molecule has 1 fully saturated rings. The highest BCUT2D eigenvalue weighted by Gasteiger charge is 2.44. The average molecular weight is 198 g/mol. The van der Waals surface area contributed by atoms with E-state index < -0.39 is 10.5 Å². The van der Waals surface area contributed by atoms with Crippen molar-refractivity contribution in [3.05, 3.63) is 22.0 Å². The summed E-state index contributed by atoms with van der Waals surface area (Å²) in [4.78, 5) is 10.1. The second-order valence-electron chi connectivity index (χ2n) is 3.39. The SMILES string of the molecule is Cn1ncc([N+](=O)[O-])c1C1(O)CNC1. The molecule has 7 heteroatoms. The summed E-state index contributed by atoms with van der Waals surface area (Å²) in [7, 11) is 1.58. The van der Waals surface area contributed by atoms with Gasteiger partial charge in [-0.05, 0) is 0 Å². The normalized spacial score (nSPS) is 19.0. The van der Waals surface area contributed by atoms with Crippen LogP contribution in [0.4, 0.5) is 5.69 Å². The Bertz CT molecular complexity index is 382. The number of β-amino-alcohol motifs (C(OH)–C–C–N with tert-alkyl or cyclic N) is 1. The van der Waals surface area contributed by atoms with Crippen molar-refractivity contribution in [2.75, 3.05) is 13.1 Å². The van der Waals surface area contributed by atoms with E-state index in [-0.39, 0.29) is 11.4 Å². The Kier molecular flexibility index (Phi) is 1.79. The first kappa shape index (κ1) is 9.10. The molecular formula is C7H10N4O3. The third-order valence-corrected chi connectivity index (χ3v) is 2.39. The topological polar surface area (TPSA) is 93.2 Å². The number of aryl methyl sites for hydroxylation is 1. The molecule has 0 bridgehead atoms. The van der Waals surface area contributed by atoms with Gasteiger partial charge in [0.25, 0.3) is 0 Å². The van der Waals surface area contributed by atoms with Gasteiger partial charge in [-0.15, -0.1) is 0 Å². The Hall–Kier alpha value is -1.47. The minimum atomic E-state index is -1.15. The molecule has 1 saturated heterocycles. The van der Waals surface area contributed by atoms with Crippen LogP contribution >= 0.6 is 0 Å². The lowest BCUT2D eigenvalue weighted by atomic mass is 9.92. The maximum absolute atomic E-state index is 10.6. The third kappa shape index (κ3) is 1.10. The van der Waals surface area contributed by atoms with Crippen molar-refractivity contribution in [3.8, 4) is 0 Å². The Morgan fingerprint density at radius 3 is 2.86 bits per heavy atom. The third-order valence-electron chi connectivity index (χ3n) is 2.39. The zero-order valence-corrected chi connectivity index (χ0v) is 7.60. The van der Waals surface area contributed by atoms with Crippen LogP contribution in [0.25, 0.3) is 0 Å². The molecule has 0 spiro atoms. The summed E-state index contributed by atoms with van der Waals surface area (Å²) in [5.74, 6) is 0. The van der Waals surface area contributed by atoms with E-state index in [9.17, 15) is 15.2 Å². The van der Waals surface area contributed by atoms with Gasteiger partial charge in [0, 0.05) is 20.1 Å². The Morgan fingerprint density at radius 1 is 1.79 bits per heavy atom. The molecule has 1 aromatic rings. The zero-order chi connectivity index (χ0) is 10.3. The standard InChI is InChI=1S/C7H10N4O3/c1-10-6(7(12)3-8-4-7)5(2-9-10)11(13)14/h2,8,12H,3-4H2,1H3. The molecule has 1 aliphatic rings. The highest BCUT2D eigenvalue weighted by atomic mass is 16.6. The van der Waals surface area contributed by atoms with E-state index in [2.05, 4.69) is 10.4 Å². The largest absolute Gasteiger partial charge is 0.381 e. The average Bonchev–Trinajstić information content (AvgIpc) is 2.43. The first-order valence-corrected chi connectivity index (χ1v) is 4.14. The van der Waals surface area contributed by atoms with E-state index in [0.29, 0.717) is 13.1 Å². The van der Waals surface area contributed by atoms with Gasteiger partial charge < -0.3 is 10.4 Å². The fourth-order valence-electron chi connectivity index (χ4n) is 1.63. The molecule has 0 radical (unpaired) electrons. The highest BCUT2D eigenvalue weighted by molar-refractivity contribution is 5.39. The van der Waals surface area contributed by atoms with Crippen molar-refractivity contribution in [1.82, 2.24) is 15.1 Å². The summed E-state index contributed by atoms with van der Waals surface area (Å²) in [6.45, 7) is 0.654. The summed E-state index contributed by atoms with van der Waals surface area (Å²) >= 11 is 0. The number of rotatable bonds is 2. The molecule has 0 saturated carbocycles. The van der Waals surface area contributed by atoms with E-state index in [0.717, 1.165) is 6.20 Å². The zero-order valence-electron chi connectivity index (χ0n) is 7.60. The molecule has 0 aromatic carbocycles. The molecule has 1 aromatic heterocycles. The summed E-state index contributed by atoms with van der Waals surface area (Å²) in [6, 6.07) is 0. The molecular weight excluding hydrogens is 188 g/mol. The van der Waals surface area contributed by atoms with Crippen LogP contribution in [0.1, 0.15) is 5.69 Å². The van der Waals surface area contributed by atoms with Crippen molar-refractivity contribution in [1.29, 1.82) is 0 Å². The second kappa shape index (κ2) is 2.76. The number of nitrogens with zero attached hydrogens (tertiary/aromatic N) is 3. The van der Waals surface area contributed by atoms with Gasteiger partial charge in [0.2, 0.25) is 0 Å². The number of aromatic nitrogens is 2. The molecule has 2 N–H and O–H groups in total. The smallest absolute Gasteiger partial charge is 0.313 e. The lowest BCUT2D eigenvalue weighted by molar-refractivity contribution is -0.387. The summed E-state index contributed by atoms with van der Waals surface area (Å²) in [6.07, 6.45) is 1.16. The monoisotopic (exact) mass is 198 g/mol. The summed E-state index contributed by atoms with van der Waals surface area (Å²) in [5, 5.41) is 27.2. The lowest BCUT2D eigenvalue weighted by Gasteiger charge is -2.36. The molecule has 0 unspecified atom stereocenters. The Labute approximate surface area is 79.5 Å². The molecule has 14 heavy (non-hydrogen) atoms. The quantitative estimate of drug-likeness (QED) is 0.475. The van der Waals surface area contributed by atoms with Crippen LogP contribution < -0.4 is 5.32 Å². The van der Waals surface area contributed by atoms with E-state index in [4.69, 9.17) is 0 Å². The van der Waals surface area contributed by atoms with Gasteiger partial charge >= 0.3 is 5.69 Å². The van der Waals surface area contributed by atoms with Gasteiger partial charge in [0.15, 0.2) is 0 Å². The summed E-state index contributed by atoms with van der Waals surface area (Å²) < 4.78 is 1.35. The Morgan fingerprint density at radius 2 is 2.43 bits per heavy atom. The highest BCUT2D eigenvalue weighted by Crippen LogP contribution is 2.31. The van der Waals surface area contributed by atoms with Crippen LogP contribution in [0.2, 0.25) is 0 Å². The molecule has 0 amide bonds. The molecule has 2 rings (SSSR count). The van der Waals surface area contributed by atoms with Crippen LogP contribution in [0.3, 0.4) is 0 Å². The van der Waals surface area contributed by atoms with Gasteiger partial charge in [-0.2, -0.15) is 5.10 Å². The molecule has 0 atom stereocenters. The van der Waals surface area contributed by atoms with Crippen molar-refractivity contribution in [2.45, 2.75) is 5.60 Å². The summed E-state index contributed by atoms with van der Waals surface area (Å²) in [5.41, 5.74) is -1.01. The van der Waals surface area contributed by atoms with Gasteiger partial charge in [-0.25, -0.2) is 0 Å². The van der Waals surface area contributed by atoms with Crippen LogP contribution in [0.15, 0.2) is 6.20 Å². The van der Waals surface area contributed by atoms with Gasteiger partial charge in [-0.3, -0.25) is 14.8 Å². The van der Waals surface area contributed by atoms with E-state index >= 15 is 0 Å². The van der Waals surface area contributed by atoms with E-state index in [1.165, 1.54) is 4.68 Å². The van der Waals surface area contributed by atoms with Gasteiger partial charge in [-0.1, -0.05) is 0 Å². The number of aliphatic hydroxyl groups is 1. The number of hydrogen-bond acceptors (Lipinski definition) is 5. The van der Waals surface area contributed by atoms with Crippen LogP contribution in [-0.4, -0.2) is 32.9 Å². The van der Waals surface area contributed by atoms with Crippen LogP contribution in [0, 0.1) is 10.1 Å². The van der Waals surface area contributed by atoms with E-state index in [1.54, 1.807) is 7.05 Å². The maximum atomic E-state index is 10.6. The molecule has 76 valence electrons. The van der Waals surface area contributed by atoms with E-state index in [1.807, 2.05) is 0 Å². The van der Waals surface area contributed by atoms with Crippen molar-refractivity contribution in [2.24, 2.45) is 7.05 Å². The van der Waals surface area contributed by atoms with Crippen molar-refractivity contribution < 1.29 is 10.0 Å². The lowest BCUT2D eigenvalue weighted by Crippen LogP contribution is -2.57. The number of hydrogen-bond donors (Lipinski definition) is 2. The number of nitrogens with one attached hydrogen (secondary N) is 1. The first-order chi connectivity index (χ1) is 6.54. The molecule has 0 aliphatic carbocycles. The predicted octanol–water partition coefficient (Wildman–Crippen LogP) is -0.881. The maximum Gasteiger partial charge on any atom is 0.313 e. The fraction of sp³-hybridized carbons (Fsp3) is 0.571. The molecule has 7 nitrogen and oxygen atoms in total. The Balaban J connectivity index is 2.49. The van der Waals surface area contributed by atoms with Crippen LogP contribution in [0.5, 0.6) is 0 Å². The first-order valence-electron chi connectivity index (χ1n) is 4.14. The van der Waals surface area contributed by atoms with Crippen molar-refractivity contribution >= 4 is 5.69 Å². The van der Waals surface area contributed by atoms with Crippen LogP contribution in [-0.2, 0) is 12.6 Å². The molecule has 1 aliphatic heterocycles. The van der Waals surface area contributed by atoms with Gasteiger partial charge in [0.1, 0.15) is 17.5 Å². The second-order valence-corrected chi connectivity index (χ2v) is 3.39.